The SMILES string of the molecule is COC(c1ccccc1)(c1ccccc1)[C@@H]1CCCN1Cc1ccsc1. The molecule has 3 heteroatoms. The molecular formula is C23H25NOS. The van der Waals surface area contributed by atoms with Gasteiger partial charge in [0.15, 0.2) is 0 Å². The van der Waals surface area contributed by atoms with Gasteiger partial charge in [0.2, 0.25) is 0 Å². The van der Waals surface area contributed by atoms with Crippen molar-refractivity contribution in [1.82, 2.24) is 4.90 Å². The van der Waals surface area contributed by atoms with Gasteiger partial charge in [-0.05, 0) is 52.9 Å². The van der Waals surface area contributed by atoms with Crippen molar-refractivity contribution in [2.45, 2.75) is 31.0 Å². The van der Waals surface area contributed by atoms with E-state index in [0.29, 0.717) is 6.04 Å². The molecule has 1 fully saturated rings. The Morgan fingerprint density at radius 1 is 1.00 bits per heavy atom. The first kappa shape index (κ1) is 17.5. The van der Waals surface area contributed by atoms with Crippen LogP contribution in [0.15, 0.2) is 77.5 Å². The van der Waals surface area contributed by atoms with Gasteiger partial charge in [0.25, 0.3) is 0 Å². The normalized spacial score (nSPS) is 18.3. The minimum absolute atomic E-state index is 0.317. The van der Waals surface area contributed by atoms with Gasteiger partial charge in [-0.15, -0.1) is 0 Å². The highest BCUT2D eigenvalue weighted by Gasteiger charge is 2.47. The second-order valence-corrected chi connectivity index (χ2v) is 7.71. The molecule has 0 aliphatic carbocycles. The molecule has 0 N–H and O–H groups in total. The van der Waals surface area contributed by atoms with Gasteiger partial charge >= 0.3 is 0 Å². The van der Waals surface area contributed by atoms with Crippen molar-refractivity contribution in [2.24, 2.45) is 0 Å². The van der Waals surface area contributed by atoms with Crippen LogP contribution in [0.5, 0.6) is 0 Å². The number of ether oxygens (including phenoxy) is 1. The van der Waals surface area contributed by atoms with Crippen molar-refractivity contribution in [3.05, 3.63) is 94.2 Å². The minimum atomic E-state index is -0.449. The van der Waals surface area contributed by atoms with Crippen LogP contribution in [-0.2, 0) is 16.9 Å². The van der Waals surface area contributed by atoms with Gasteiger partial charge in [0.1, 0.15) is 5.60 Å². The van der Waals surface area contributed by atoms with Crippen LogP contribution in [0.2, 0.25) is 0 Å². The highest BCUT2D eigenvalue weighted by molar-refractivity contribution is 7.07. The Bertz CT molecular complexity index is 761. The molecule has 0 saturated carbocycles. The van der Waals surface area contributed by atoms with E-state index in [1.165, 1.54) is 23.1 Å². The summed E-state index contributed by atoms with van der Waals surface area (Å²) < 4.78 is 6.40. The molecule has 0 amide bonds. The van der Waals surface area contributed by atoms with Crippen molar-refractivity contribution in [2.75, 3.05) is 13.7 Å². The van der Waals surface area contributed by atoms with Crippen LogP contribution in [0.1, 0.15) is 29.5 Å². The maximum absolute atomic E-state index is 6.40. The van der Waals surface area contributed by atoms with Gasteiger partial charge in [0, 0.05) is 19.7 Å². The smallest absolute Gasteiger partial charge is 0.133 e. The van der Waals surface area contributed by atoms with Crippen LogP contribution >= 0.6 is 11.3 Å². The highest BCUT2D eigenvalue weighted by atomic mass is 32.1. The van der Waals surface area contributed by atoms with Crippen LogP contribution in [0, 0.1) is 0 Å². The summed E-state index contributed by atoms with van der Waals surface area (Å²) >= 11 is 1.77. The van der Waals surface area contributed by atoms with E-state index in [2.05, 4.69) is 82.4 Å². The number of nitrogens with zero attached hydrogens (tertiary/aromatic N) is 1. The summed E-state index contributed by atoms with van der Waals surface area (Å²) in [7, 11) is 1.86. The van der Waals surface area contributed by atoms with Crippen LogP contribution in [0.3, 0.4) is 0 Å². The minimum Gasteiger partial charge on any atom is -0.367 e. The zero-order valence-corrected chi connectivity index (χ0v) is 16.0. The summed E-state index contributed by atoms with van der Waals surface area (Å²) in [6.45, 7) is 2.10. The molecule has 0 unspecified atom stereocenters. The monoisotopic (exact) mass is 363 g/mol. The lowest BCUT2D eigenvalue weighted by Gasteiger charge is -2.43. The quantitative estimate of drug-likeness (QED) is 0.589. The Hall–Kier alpha value is -1.94. The van der Waals surface area contributed by atoms with E-state index in [1.54, 1.807) is 11.3 Å². The fourth-order valence-electron chi connectivity index (χ4n) is 4.39. The topological polar surface area (TPSA) is 12.5 Å². The molecule has 4 rings (SSSR count). The lowest BCUT2D eigenvalue weighted by Crippen LogP contribution is -2.49. The third-order valence-corrected chi connectivity index (χ3v) is 6.26. The molecule has 134 valence electrons. The second kappa shape index (κ2) is 7.75. The molecule has 2 heterocycles. The van der Waals surface area contributed by atoms with Gasteiger partial charge < -0.3 is 4.74 Å². The molecule has 26 heavy (non-hydrogen) atoms. The van der Waals surface area contributed by atoms with E-state index < -0.39 is 5.60 Å². The standard InChI is InChI=1S/C23H25NOS/c1-25-23(20-9-4-2-5-10-20,21-11-6-3-7-12-21)22-13-8-15-24(22)17-19-14-16-26-18-19/h2-7,9-12,14,16,18,22H,8,13,15,17H2,1H3/t22-/m0/s1. The molecule has 2 aromatic carbocycles. The van der Waals surface area contributed by atoms with Crippen molar-refractivity contribution < 1.29 is 4.74 Å². The predicted octanol–water partition coefficient (Wildman–Crippen LogP) is 5.30. The number of rotatable bonds is 6. The van der Waals surface area contributed by atoms with Gasteiger partial charge in [-0.1, -0.05) is 60.7 Å². The van der Waals surface area contributed by atoms with E-state index in [1.807, 2.05) is 7.11 Å². The molecule has 1 atom stereocenters. The lowest BCUT2D eigenvalue weighted by atomic mass is 9.78. The number of hydrogen-bond donors (Lipinski definition) is 0. The summed E-state index contributed by atoms with van der Waals surface area (Å²) in [5.74, 6) is 0. The van der Waals surface area contributed by atoms with Crippen LogP contribution in [0.4, 0.5) is 0 Å². The highest BCUT2D eigenvalue weighted by Crippen LogP contribution is 2.43. The lowest BCUT2D eigenvalue weighted by molar-refractivity contribution is -0.0440. The first-order valence-corrected chi connectivity index (χ1v) is 10.2. The number of methoxy groups -OCH3 is 1. The van der Waals surface area contributed by atoms with Crippen molar-refractivity contribution in [1.29, 1.82) is 0 Å². The molecule has 3 aromatic rings. The molecule has 1 aromatic heterocycles. The maximum atomic E-state index is 6.40. The summed E-state index contributed by atoms with van der Waals surface area (Å²) in [6.07, 6.45) is 2.35. The Labute approximate surface area is 160 Å². The number of hydrogen-bond acceptors (Lipinski definition) is 3. The number of likely N-dealkylation sites (tertiary alicyclic amines) is 1. The van der Waals surface area contributed by atoms with E-state index in [0.717, 1.165) is 19.5 Å². The number of thiophene rings is 1. The Morgan fingerprint density at radius 3 is 2.19 bits per heavy atom. The van der Waals surface area contributed by atoms with Crippen LogP contribution < -0.4 is 0 Å². The van der Waals surface area contributed by atoms with Gasteiger partial charge in [-0.2, -0.15) is 11.3 Å². The van der Waals surface area contributed by atoms with Crippen LogP contribution in [-0.4, -0.2) is 24.6 Å². The first-order chi connectivity index (χ1) is 12.8. The average molecular weight is 364 g/mol. The molecule has 0 radical (unpaired) electrons. The van der Waals surface area contributed by atoms with E-state index >= 15 is 0 Å². The van der Waals surface area contributed by atoms with Crippen molar-refractivity contribution >= 4 is 11.3 Å². The maximum Gasteiger partial charge on any atom is 0.133 e. The third-order valence-electron chi connectivity index (χ3n) is 5.53. The molecule has 1 aliphatic heterocycles. The zero-order valence-electron chi connectivity index (χ0n) is 15.2. The molecule has 1 saturated heterocycles. The molecule has 2 nitrogen and oxygen atoms in total. The molecular weight excluding hydrogens is 338 g/mol. The van der Waals surface area contributed by atoms with Crippen molar-refractivity contribution in [3.8, 4) is 0 Å². The zero-order chi connectivity index (χ0) is 17.8. The third kappa shape index (κ3) is 3.11. The van der Waals surface area contributed by atoms with Crippen LogP contribution in [0.25, 0.3) is 0 Å². The first-order valence-electron chi connectivity index (χ1n) is 9.26. The molecule has 0 bridgehead atoms. The predicted molar refractivity (Wildman–Crippen MR) is 108 cm³/mol. The summed E-state index contributed by atoms with van der Waals surface area (Å²) in [5, 5.41) is 4.42. The summed E-state index contributed by atoms with van der Waals surface area (Å²) in [5.41, 5.74) is 3.41. The Kier molecular flexibility index (Phi) is 5.21. The fraction of sp³-hybridized carbons (Fsp3) is 0.304. The molecule has 0 spiro atoms. The summed E-state index contributed by atoms with van der Waals surface area (Å²) in [4.78, 5) is 2.60. The Balaban J connectivity index is 1.79. The van der Waals surface area contributed by atoms with E-state index in [4.69, 9.17) is 4.74 Å². The Morgan fingerprint density at radius 2 is 1.65 bits per heavy atom. The molecule has 1 aliphatic rings. The van der Waals surface area contributed by atoms with Gasteiger partial charge in [-0.25, -0.2) is 0 Å². The average Bonchev–Trinajstić information content (AvgIpc) is 3.38. The summed E-state index contributed by atoms with van der Waals surface area (Å²) in [6, 6.07) is 24.0. The number of benzene rings is 2. The van der Waals surface area contributed by atoms with E-state index in [9.17, 15) is 0 Å². The van der Waals surface area contributed by atoms with Gasteiger partial charge in [-0.3, -0.25) is 4.90 Å². The van der Waals surface area contributed by atoms with Crippen molar-refractivity contribution in [3.63, 3.8) is 0 Å². The van der Waals surface area contributed by atoms with Gasteiger partial charge in [0.05, 0.1) is 0 Å². The largest absolute Gasteiger partial charge is 0.367 e. The van der Waals surface area contributed by atoms with E-state index in [-0.39, 0.29) is 0 Å². The second-order valence-electron chi connectivity index (χ2n) is 6.93. The fourth-order valence-corrected chi connectivity index (χ4v) is 5.05.